The Kier molecular flexibility index (Phi) is 5.23. The largest absolute Gasteiger partial charge is 0.328 e. The van der Waals surface area contributed by atoms with Crippen molar-refractivity contribution in [1.29, 1.82) is 0 Å². The number of carbonyl (C=O) groups is 1. The van der Waals surface area contributed by atoms with Crippen LogP contribution >= 0.6 is 11.3 Å². The highest BCUT2D eigenvalue weighted by atomic mass is 32.1. The van der Waals surface area contributed by atoms with E-state index < -0.39 is 0 Å². The van der Waals surface area contributed by atoms with Crippen molar-refractivity contribution in [2.75, 3.05) is 16.8 Å². The first-order chi connectivity index (χ1) is 11.2. The van der Waals surface area contributed by atoms with Gasteiger partial charge in [-0.2, -0.15) is 0 Å². The number of amides is 2. The molecule has 23 heavy (non-hydrogen) atoms. The minimum Gasteiger partial charge on any atom is -0.294 e. The number of benzene rings is 1. The number of rotatable bonds is 4. The fourth-order valence-electron chi connectivity index (χ4n) is 3.00. The van der Waals surface area contributed by atoms with Crippen LogP contribution in [-0.2, 0) is 0 Å². The molecule has 1 aliphatic carbocycles. The maximum Gasteiger partial charge on any atom is 0.328 e. The molecule has 0 saturated heterocycles. The predicted molar refractivity (Wildman–Crippen MR) is 91.5 cm³/mol. The Hall–Kier alpha value is -1.95. The molecule has 4 nitrogen and oxygen atoms in total. The fourth-order valence-corrected chi connectivity index (χ4v) is 3.52. The molecule has 1 N–H and O–H groups in total. The van der Waals surface area contributed by atoms with Gasteiger partial charge < -0.3 is 0 Å². The highest BCUT2D eigenvalue weighted by molar-refractivity contribution is 7.13. The number of nitrogens with zero attached hydrogens (tertiary/aromatic N) is 2. The summed E-state index contributed by atoms with van der Waals surface area (Å²) in [5.41, 5.74) is 0.714. The van der Waals surface area contributed by atoms with E-state index in [0.29, 0.717) is 23.3 Å². The van der Waals surface area contributed by atoms with E-state index in [1.54, 1.807) is 23.2 Å². The molecule has 0 spiro atoms. The van der Waals surface area contributed by atoms with Crippen molar-refractivity contribution < 1.29 is 9.18 Å². The van der Waals surface area contributed by atoms with E-state index in [2.05, 4.69) is 10.3 Å². The van der Waals surface area contributed by atoms with Gasteiger partial charge in [0.2, 0.25) is 0 Å². The normalized spacial score (nSPS) is 15.3. The van der Waals surface area contributed by atoms with Gasteiger partial charge in [-0.25, -0.2) is 14.2 Å². The number of nitrogens with one attached hydrogen (secondary N) is 1. The van der Waals surface area contributed by atoms with Gasteiger partial charge in [0.05, 0.1) is 0 Å². The van der Waals surface area contributed by atoms with Gasteiger partial charge in [-0.1, -0.05) is 19.3 Å². The van der Waals surface area contributed by atoms with Crippen LogP contribution in [0.2, 0.25) is 0 Å². The highest BCUT2D eigenvalue weighted by Crippen LogP contribution is 2.27. The predicted octanol–water partition coefficient (Wildman–Crippen LogP) is 4.90. The number of hydrogen-bond donors (Lipinski definition) is 1. The second-order valence-electron chi connectivity index (χ2n) is 5.86. The zero-order valence-electron chi connectivity index (χ0n) is 12.9. The van der Waals surface area contributed by atoms with Crippen LogP contribution in [0.3, 0.4) is 0 Å². The Bertz CT molecular complexity index is 624. The van der Waals surface area contributed by atoms with Crippen LogP contribution in [0.1, 0.15) is 32.1 Å². The average molecular weight is 333 g/mol. The van der Waals surface area contributed by atoms with Gasteiger partial charge in [-0.3, -0.25) is 10.2 Å². The van der Waals surface area contributed by atoms with Crippen LogP contribution in [0, 0.1) is 11.7 Å². The van der Waals surface area contributed by atoms with Crippen molar-refractivity contribution in [3.63, 3.8) is 0 Å². The van der Waals surface area contributed by atoms with E-state index in [0.717, 1.165) is 12.8 Å². The van der Waals surface area contributed by atoms with Crippen molar-refractivity contribution >= 4 is 28.2 Å². The number of anilines is 2. The summed E-state index contributed by atoms with van der Waals surface area (Å²) >= 11 is 1.38. The quantitative estimate of drug-likeness (QED) is 0.865. The molecule has 6 heteroatoms. The Balaban J connectivity index is 1.76. The lowest BCUT2D eigenvalue weighted by Gasteiger charge is -2.29. The first kappa shape index (κ1) is 15.9. The van der Waals surface area contributed by atoms with E-state index in [9.17, 15) is 9.18 Å². The van der Waals surface area contributed by atoms with Crippen molar-refractivity contribution in [1.82, 2.24) is 4.98 Å². The molecule has 1 saturated carbocycles. The Morgan fingerprint density at radius 1 is 1.26 bits per heavy atom. The van der Waals surface area contributed by atoms with Crippen molar-refractivity contribution in [3.8, 4) is 0 Å². The number of aromatic nitrogens is 1. The van der Waals surface area contributed by atoms with Crippen LogP contribution in [-0.4, -0.2) is 17.6 Å². The Morgan fingerprint density at radius 2 is 2.00 bits per heavy atom. The van der Waals surface area contributed by atoms with Gasteiger partial charge in [0.15, 0.2) is 5.13 Å². The Labute approximate surface area is 139 Å². The van der Waals surface area contributed by atoms with E-state index >= 15 is 0 Å². The van der Waals surface area contributed by atoms with Crippen molar-refractivity contribution in [3.05, 3.63) is 41.7 Å². The third-order valence-corrected chi connectivity index (χ3v) is 4.88. The van der Waals surface area contributed by atoms with Gasteiger partial charge in [0.1, 0.15) is 5.82 Å². The smallest absolute Gasteiger partial charge is 0.294 e. The minimum atomic E-state index is -0.299. The highest BCUT2D eigenvalue weighted by Gasteiger charge is 2.23. The fraction of sp³-hybridized carbons (Fsp3) is 0.412. The lowest BCUT2D eigenvalue weighted by molar-refractivity contribution is 0.254. The van der Waals surface area contributed by atoms with Crippen LogP contribution in [0.4, 0.5) is 20.0 Å². The molecule has 2 amide bonds. The lowest BCUT2D eigenvalue weighted by Crippen LogP contribution is -2.39. The molecule has 1 aliphatic rings. The number of thiazole rings is 1. The maximum absolute atomic E-state index is 13.2. The summed E-state index contributed by atoms with van der Waals surface area (Å²) < 4.78 is 13.2. The monoisotopic (exact) mass is 333 g/mol. The van der Waals surface area contributed by atoms with Gasteiger partial charge in [0, 0.05) is 23.8 Å². The van der Waals surface area contributed by atoms with Crippen LogP contribution < -0.4 is 10.2 Å². The molecule has 122 valence electrons. The van der Waals surface area contributed by atoms with Gasteiger partial charge >= 0.3 is 6.03 Å². The number of hydrogen-bond acceptors (Lipinski definition) is 3. The summed E-state index contributed by atoms with van der Waals surface area (Å²) in [7, 11) is 0. The summed E-state index contributed by atoms with van der Waals surface area (Å²) in [4.78, 5) is 18.5. The Morgan fingerprint density at radius 3 is 2.65 bits per heavy atom. The molecule has 1 aromatic heterocycles. The van der Waals surface area contributed by atoms with E-state index in [4.69, 9.17) is 0 Å². The molecular formula is C17H20FN3OS. The van der Waals surface area contributed by atoms with E-state index in [1.807, 2.05) is 5.38 Å². The molecule has 1 aromatic carbocycles. The van der Waals surface area contributed by atoms with Gasteiger partial charge in [0.25, 0.3) is 0 Å². The molecule has 0 unspecified atom stereocenters. The summed E-state index contributed by atoms with van der Waals surface area (Å²) in [5, 5.41) is 5.22. The molecule has 2 aromatic rings. The van der Waals surface area contributed by atoms with Crippen LogP contribution in [0.5, 0.6) is 0 Å². The first-order valence-corrected chi connectivity index (χ1v) is 8.84. The minimum absolute atomic E-state index is 0.211. The SMILES string of the molecule is O=C(Nc1nccs1)N(CC1CCCCC1)c1ccc(F)cc1. The third-order valence-electron chi connectivity index (χ3n) is 4.20. The molecule has 3 rings (SSSR count). The lowest BCUT2D eigenvalue weighted by atomic mass is 9.89. The molecule has 1 heterocycles. The second kappa shape index (κ2) is 7.55. The summed E-state index contributed by atoms with van der Waals surface area (Å²) in [6.07, 6.45) is 7.65. The summed E-state index contributed by atoms with van der Waals surface area (Å²) in [6.45, 7) is 0.656. The number of halogens is 1. The number of urea groups is 1. The van der Waals surface area contributed by atoms with Crippen LogP contribution in [0.25, 0.3) is 0 Å². The molecular weight excluding hydrogens is 313 g/mol. The van der Waals surface area contributed by atoms with Crippen LogP contribution in [0.15, 0.2) is 35.8 Å². The standard InChI is InChI=1S/C17H20FN3OS/c18-14-6-8-15(9-7-14)21(12-13-4-2-1-3-5-13)17(22)20-16-19-10-11-23-16/h6-11,13H,1-5,12H2,(H,19,20,22). The molecule has 0 radical (unpaired) electrons. The first-order valence-electron chi connectivity index (χ1n) is 7.96. The zero-order chi connectivity index (χ0) is 16.1. The van der Waals surface area contributed by atoms with Gasteiger partial charge in [-0.05, 0) is 43.0 Å². The van der Waals surface area contributed by atoms with Crippen molar-refractivity contribution in [2.45, 2.75) is 32.1 Å². The second-order valence-corrected chi connectivity index (χ2v) is 6.75. The molecule has 0 aliphatic heterocycles. The summed E-state index contributed by atoms with van der Waals surface area (Å²) in [6, 6.07) is 5.87. The van der Waals surface area contributed by atoms with E-state index in [-0.39, 0.29) is 11.8 Å². The molecule has 0 atom stereocenters. The molecule has 0 bridgehead atoms. The van der Waals surface area contributed by atoms with Gasteiger partial charge in [-0.15, -0.1) is 11.3 Å². The van der Waals surface area contributed by atoms with E-state index in [1.165, 1.54) is 42.7 Å². The average Bonchev–Trinajstić information content (AvgIpc) is 3.07. The van der Waals surface area contributed by atoms with Crippen molar-refractivity contribution in [2.24, 2.45) is 5.92 Å². The maximum atomic E-state index is 13.2. The topological polar surface area (TPSA) is 45.2 Å². The molecule has 1 fully saturated rings. The zero-order valence-corrected chi connectivity index (χ0v) is 13.7. The third kappa shape index (κ3) is 4.28. The summed E-state index contributed by atoms with van der Waals surface area (Å²) in [5.74, 6) is 0.197. The number of carbonyl (C=O) groups excluding carboxylic acids is 1.